The zero-order valence-electron chi connectivity index (χ0n) is 15.9. The van der Waals surface area contributed by atoms with E-state index in [0.717, 1.165) is 51.6 Å². The van der Waals surface area contributed by atoms with Crippen molar-refractivity contribution < 1.29 is 14.3 Å². The van der Waals surface area contributed by atoms with Crippen molar-refractivity contribution in [1.82, 2.24) is 14.8 Å². The Morgan fingerprint density at radius 3 is 2.37 bits per heavy atom. The third kappa shape index (κ3) is 3.59. The zero-order valence-corrected chi connectivity index (χ0v) is 15.9. The number of pyridine rings is 1. The quantitative estimate of drug-likeness (QED) is 0.801. The minimum Gasteiger partial charge on any atom is -0.381 e. The van der Waals surface area contributed by atoms with Crippen LogP contribution in [0.25, 0.3) is 0 Å². The van der Waals surface area contributed by atoms with E-state index in [2.05, 4.69) is 4.98 Å². The summed E-state index contributed by atoms with van der Waals surface area (Å²) in [5.41, 5.74) is 0.471. The number of rotatable bonds is 2. The molecule has 0 bridgehead atoms. The summed E-state index contributed by atoms with van der Waals surface area (Å²) in [5.74, 6) is 0.108. The van der Waals surface area contributed by atoms with Gasteiger partial charge in [-0.25, -0.2) is 0 Å². The molecule has 146 valence electrons. The van der Waals surface area contributed by atoms with E-state index in [1.165, 1.54) is 6.42 Å². The number of hydrogen-bond donors (Lipinski definition) is 0. The van der Waals surface area contributed by atoms with Crippen molar-refractivity contribution in [3.63, 3.8) is 0 Å². The molecule has 1 atom stereocenters. The Morgan fingerprint density at radius 2 is 1.67 bits per heavy atom. The molecule has 3 aliphatic heterocycles. The van der Waals surface area contributed by atoms with Crippen molar-refractivity contribution in [2.75, 3.05) is 32.8 Å². The summed E-state index contributed by atoms with van der Waals surface area (Å²) < 4.78 is 5.61. The predicted octanol–water partition coefficient (Wildman–Crippen LogP) is 2.50. The Morgan fingerprint density at radius 1 is 0.963 bits per heavy atom. The molecular formula is C21H29N3O3. The fourth-order valence-corrected chi connectivity index (χ4v) is 5.06. The smallest absolute Gasteiger partial charge is 0.254 e. The van der Waals surface area contributed by atoms with Gasteiger partial charge in [0.15, 0.2) is 0 Å². The molecule has 1 spiro atoms. The number of likely N-dealkylation sites (tertiary alicyclic amines) is 2. The second-order valence-electron chi connectivity index (χ2n) is 8.10. The topological polar surface area (TPSA) is 62.7 Å². The number of ether oxygens (including phenoxy) is 1. The van der Waals surface area contributed by atoms with Crippen LogP contribution in [0.4, 0.5) is 0 Å². The van der Waals surface area contributed by atoms with E-state index in [0.29, 0.717) is 25.3 Å². The van der Waals surface area contributed by atoms with E-state index >= 15 is 0 Å². The molecule has 3 fully saturated rings. The van der Waals surface area contributed by atoms with Crippen molar-refractivity contribution >= 4 is 11.8 Å². The lowest BCUT2D eigenvalue weighted by Gasteiger charge is -2.52. The first-order valence-corrected chi connectivity index (χ1v) is 10.3. The highest BCUT2D eigenvalue weighted by atomic mass is 16.5. The van der Waals surface area contributed by atoms with Gasteiger partial charge in [0.1, 0.15) is 6.04 Å². The van der Waals surface area contributed by atoms with Gasteiger partial charge in [0.05, 0.1) is 0 Å². The molecule has 3 aliphatic rings. The van der Waals surface area contributed by atoms with E-state index in [1.807, 2.05) is 9.80 Å². The maximum atomic E-state index is 13.7. The largest absolute Gasteiger partial charge is 0.381 e. The van der Waals surface area contributed by atoms with Crippen LogP contribution in [-0.4, -0.2) is 65.5 Å². The fraction of sp³-hybridized carbons (Fsp3) is 0.667. The van der Waals surface area contributed by atoms with Crippen LogP contribution >= 0.6 is 0 Å². The molecule has 0 aromatic carbocycles. The molecule has 27 heavy (non-hydrogen) atoms. The molecule has 0 N–H and O–H groups in total. The number of nitrogens with zero attached hydrogens (tertiary/aromatic N) is 3. The number of piperidine rings is 2. The molecule has 1 aromatic heterocycles. The molecule has 2 amide bonds. The van der Waals surface area contributed by atoms with E-state index < -0.39 is 0 Å². The average molecular weight is 371 g/mol. The molecule has 3 saturated heterocycles. The maximum Gasteiger partial charge on any atom is 0.254 e. The first-order valence-electron chi connectivity index (χ1n) is 10.3. The molecule has 1 unspecified atom stereocenters. The van der Waals surface area contributed by atoms with E-state index in [-0.39, 0.29) is 23.3 Å². The molecule has 0 radical (unpaired) electrons. The second-order valence-corrected chi connectivity index (χ2v) is 8.10. The van der Waals surface area contributed by atoms with Gasteiger partial charge < -0.3 is 14.5 Å². The Balaban J connectivity index is 1.67. The summed E-state index contributed by atoms with van der Waals surface area (Å²) in [6, 6.07) is 3.13. The van der Waals surface area contributed by atoms with E-state index in [4.69, 9.17) is 4.74 Å². The normalized spacial score (nSPS) is 25.4. The van der Waals surface area contributed by atoms with Crippen LogP contribution in [0.1, 0.15) is 55.3 Å². The first kappa shape index (κ1) is 18.4. The summed E-state index contributed by atoms with van der Waals surface area (Å²) in [4.78, 5) is 34.9. The van der Waals surface area contributed by atoms with Crippen LogP contribution in [0, 0.1) is 5.41 Å². The minimum atomic E-state index is -0.367. The van der Waals surface area contributed by atoms with Crippen molar-refractivity contribution in [2.45, 2.75) is 51.0 Å². The Bertz CT molecular complexity index is 661. The van der Waals surface area contributed by atoms with Gasteiger partial charge in [-0.1, -0.05) is 0 Å². The Labute approximate surface area is 160 Å². The van der Waals surface area contributed by atoms with Crippen molar-refractivity contribution in [1.29, 1.82) is 0 Å². The number of carbonyl (C=O) groups is 2. The van der Waals surface area contributed by atoms with Gasteiger partial charge in [-0.2, -0.15) is 0 Å². The molecule has 6 nitrogen and oxygen atoms in total. The van der Waals surface area contributed by atoms with Gasteiger partial charge in [-0.3, -0.25) is 14.6 Å². The molecule has 6 heteroatoms. The molecule has 4 rings (SSSR count). The molecule has 0 aliphatic carbocycles. The van der Waals surface area contributed by atoms with Crippen LogP contribution in [0.5, 0.6) is 0 Å². The van der Waals surface area contributed by atoms with Crippen LogP contribution in [0.2, 0.25) is 0 Å². The highest BCUT2D eigenvalue weighted by Crippen LogP contribution is 2.45. The van der Waals surface area contributed by atoms with Crippen molar-refractivity contribution in [3.8, 4) is 0 Å². The summed E-state index contributed by atoms with van der Waals surface area (Å²) in [6.07, 6.45) is 10.3. The SMILES string of the molecule is O=C(C1N(C(=O)c2ccncc2)CCCC12CCOCC2)N1CCCCC1. The molecular weight excluding hydrogens is 342 g/mol. The van der Waals surface area contributed by atoms with E-state index in [9.17, 15) is 9.59 Å². The van der Waals surface area contributed by atoms with Gasteiger partial charge in [-0.15, -0.1) is 0 Å². The third-order valence-corrected chi connectivity index (χ3v) is 6.54. The Hall–Kier alpha value is -1.95. The number of amides is 2. The number of carbonyl (C=O) groups excluding carboxylic acids is 2. The zero-order chi connectivity index (χ0) is 18.7. The number of aromatic nitrogens is 1. The Kier molecular flexibility index (Phi) is 5.43. The number of hydrogen-bond acceptors (Lipinski definition) is 4. The lowest BCUT2D eigenvalue weighted by Crippen LogP contribution is -2.63. The molecule has 4 heterocycles. The highest BCUT2D eigenvalue weighted by molar-refractivity contribution is 5.98. The maximum absolute atomic E-state index is 13.7. The van der Waals surface area contributed by atoms with Crippen LogP contribution in [0.15, 0.2) is 24.5 Å². The fourth-order valence-electron chi connectivity index (χ4n) is 5.06. The summed E-state index contributed by atoms with van der Waals surface area (Å²) >= 11 is 0. The van der Waals surface area contributed by atoms with Crippen molar-refractivity contribution in [2.24, 2.45) is 5.41 Å². The molecule has 0 saturated carbocycles. The summed E-state index contributed by atoms with van der Waals surface area (Å²) in [5, 5.41) is 0. The van der Waals surface area contributed by atoms with Crippen LogP contribution < -0.4 is 0 Å². The van der Waals surface area contributed by atoms with Gasteiger partial charge >= 0.3 is 0 Å². The van der Waals surface area contributed by atoms with Crippen molar-refractivity contribution in [3.05, 3.63) is 30.1 Å². The summed E-state index contributed by atoms with van der Waals surface area (Å²) in [7, 11) is 0. The minimum absolute atomic E-state index is 0.0432. The van der Waals surface area contributed by atoms with Crippen LogP contribution in [-0.2, 0) is 9.53 Å². The van der Waals surface area contributed by atoms with Gasteiger partial charge in [-0.05, 0) is 57.1 Å². The standard InChI is InChI=1S/C21H29N3O3/c25-19(17-5-10-22-11-6-17)24-14-4-7-21(8-15-27-16-9-21)18(24)20(26)23-12-2-1-3-13-23/h5-6,10-11,18H,1-4,7-9,12-16H2. The van der Waals surface area contributed by atoms with Gasteiger partial charge in [0, 0.05) is 56.2 Å². The highest BCUT2D eigenvalue weighted by Gasteiger charge is 2.51. The molecule has 1 aromatic rings. The first-order chi connectivity index (χ1) is 13.2. The lowest BCUT2D eigenvalue weighted by molar-refractivity contribution is -0.149. The van der Waals surface area contributed by atoms with Crippen LogP contribution in [0.3, 0.4) is 0 Å². The average Bonchev–Trinajstić information content (AvgIpc) is 2.74. The predicted molar refractivity (Wildman–Crippen MR) is 101 cm³/mol. The second kappa shape index (κ2) is 7.97. The van der Waals surface area contributed by atoms with Gasteiger partial charge in [0.25, 0.3) is 5.91 Å². The third-order valence-electron chi connectivity index (χ3n) is 6.54. The lowest BCUT2D eigenvalue weighted by atomic mass is 9.67. The van der Waals surface area contributed by atoms with E-state index in [1.54, 1.807) is 24.5 Å². The monoisotopic (exact) mass is 371 g/mol. The van der Waals surface area contributed by atoms with Gasteiger partial charge in [0.2, 0.25) is 5.91 Å². The summed E-state index contributed by atoms with van der Waals surface area (Å²) in [6.45, 7) is 3.65.